The number of hydrogen-bond acceptors (Lipinski definition) is 7. The lowest BCUT2D eigenvalue weighted by atomic mass is 10.1. The number of hydrogen-bond donors (Lipinski definition) is 0. The molecule has 0 unspecified atom stereocenters. The molecule has 0 bridgehead atoms. The Morgan fingerprint density at radius 3 is 2.56 bits per heavy atom. The van der Waals surface area contributed by atoms with E-state index >= 15 is 0 Å². The van der Waals surface area contributed by atoms with Gasteiger partial charge in [-0.3, -0.25) is 0 Å². The van der Waals surface area contributed by atoms with Crippen molar-refractivity contribution in [2.24, 2.45) is 0 Å². The van der Waals surface area contributed by atoms with Crippen LogP contribution in [0.5, 0.6) is 5.75 Å². The second-order valence-corrected chi connectivity index (χ2v) is 6.18. The van der Waals surface area contributed by atoms with E-state index in [0.717, 1.165) is 27.8 Å². The minimum Gasteiger partial charge on any atom is -0.497 e. The first-order valence-electron chi connectivity index (χ1n) is 8.33. The van der Waals surface area contributed by atoms with Crippen LogP contribution in [0.15, 0.2) is 52.9 Å². The van der Waals surface area contributed by atoms with E-state index in [4.69, 9.17) is 9.15 Å². The highest BCUT2D eigenvalue weighted by molar-refractivity contribution is 5.89. The van der Waals surface area contributed by atoms with Gasteiger partial charge in [-0.2, -0.15) is 4.52 Å². The number of benzene rings is 2. The van der Waals surface area contributed by atoms with Crippen molar-refractivity contribution in [3.05, 3.63) is 54.1 Å². The summed E-state index contributed by atoms with van der Waals surface area (Å²) in [6.07, 6.45) is 0. The molecule has 132 valence electrons. The maximum absolute atomic E-state index is 5.91. The molecule has 0 aliphatic carbocycles. The summed E-state index contributed by atoms with van der Waals surface area (Å²) in [5.74, 6) is 1.55. The van der Waals surface area contributed by atoms with Crippen LogP contribution in [-0.2, 0) is 0 Å². The third-order valence-corrected chi connectivity index (χ3v) is 4.41. The SMILES string of the molecule is COc1ccc(-c2nnc(-c3cc4cc(C)ccc4n4nnnc34)o2)cc1. The fourth-order valence-corrected chi connectivity index (χ4v) is 3.06. The molecule has 0 aliphatic rings. The number of methoxy groups -OCH3 is 1. The first kappa shape index (κ1) is 15.4. The molecule has 0 radical (unpaired) electrons. The van der Waals surface area contributed by atoms with Gasteiger partial charge in [-0.1, -0.05) is 11.6 Å². The van der Waals surface area contributed by atoms with Gasteiger partial charge in [-0.25, -0.2) is 0 Å². The number of tetrazole rings is 1. The minimum atomic E-state index is 0.365. The number of pyridine rings is 1. The molecule has 3 heterocycles. The van der Waals surface area contributed by atoms with E-state index < -0.39 is 0 Å². The van der Waals surface area contributed by atoms with Crippen molar-refractivity contribution in [3.63, 3.8) is 0 Å². The Balaban J connectivity index is 1.66. The van der Waals surface area contributed by atoms with Crippen LogP contribution in [-0.4, -0.2) is 37.3 Å². The van der Waals surface area contributed by atoms with Crippen molar-refractivity contribution in [1.82, 2.24) is 30.2 Å². The number of ether oxygens (including phenoxy) is 1. The highest BCUT2D eigenvalue weighted by Gasteiger charge is 2.17. The van der Waals surface area contributed by atoms with Crippen molar-refractivity contribution in [3.8, 4) is 28.7 Å². The Morgan fingerprint density at radius 2 is 1.74 bits per heavy atom. The Morgan fingerprint density at radius 1 is 0.926 bits per heavy atom. The van der Waals surface area contributed by atoms with Crippen LogP contribution < -0.4 is 4.74 Å². The van der Waals surface area contributed by atoms with Gasteiger partial charge in [-0.05, 0) is 59.8 Å². The molecule has 5 aromatic rings. The molecule has 0 N–H and O–H groups in total. The van der Waals surface area contributed by atoms with E-state index in [1.807, 2.05) is 49.4 Å². The monoisotopic (exact) mass is 358 g/mol. The molecule has 0 atom stereocenters. The van der Waals surface area contributed by atoms with Crippen LogP contribution in [0.25, 0.3) is 39.5 Å². The van der Waals surface area contributed by atoms with Gasteiger partial charge in [0, 0.05) is 10.9 Å². The molecule has 2 aromatic carbocycles. The number of nitrogens with zero attached hydrogens (tertiary/aromatic N) is 6. The van der Waals surface area contributed by atoms with Crippen LogP contribution in [0, 0.1) is 6.92 Å². The highest BCUT2D eigenvalue weighted by Crippen LogP contribution is 2.30. The Bertz CT molecular complexity index is 1270. The molecule has 0 aliphatic heterocycles. The minimum absolute atomic E-state index is 0.365. The second kappa shape index (κ2) is 5.87. The molecule has 0 spiro atoms. The lowest BCUT2D eigenvalue weighted by molar-refractivity contribution is 0.415. The summed E-state index contributed by atoms with van der Waals surface area (Å²) in [7, 11) is 1.62. The van der Waals surface area contributed by atoms with Gasteiger partial charge in [0.1, 0.15) is 5.75 Å². The zero-order chi connectivity index (χ0) is 18.4. The van der Waals surface area contributed by atoms with Gasteiger partial charge in [0.25, 0.3) is 5.89 Å². The van der Waals surface area contributed by atoms with Gasteiger partial charge in [0.15, 0.2) is 5.65 Å². The third-order valence-electron chi connectivity index (χ3n) is 4.41. The average Bonchev–Trinajstić information content (AvgIpc) is 3.37. The molecular formula is C19H14N6O2. The molecule has 5 rings (SSSR count). The van der Waals surface area contributed by atoms with E-state index in [2.05, 4.69) is 31.8 Å². The molecule has 8 heteroatoms. The maximum Gasteiger partial charge on any atom is 0.252 e. The van der Waals surface area contributed by atoms with Crippen LogP contribution in [0.2, 0.25) is 0 Å². The maximum atomic E-state index is 5.91. The summed E-state index contributed by atoms with van der Waals surface area (Å²) in [5.41, 5.74) is 4.12. The molecule has 0 saturated carbocycles. The van der Waals surface area contributed by atoms with Crippen molar-refractivity contribution in [2.45, 2.75) is 6.92 Å². The molecule has 0 amide bonds. The van der Waals surface area contributed by atoms with E-state index in [1.54, 1.807) is 11.6 Å². The van der Waals surface area contributed by atoms with E-state index in [-0.39, 0.29) is 0 Å². The fraction of sp³-hybridized carbons (Fsp3) is 0.105. The highest BCUT2D eigenvalue weighted by atomic mass is 16.5. The normalized spacial score (nSPS) is 11.3. The summed E-state index contributed by atoms with van der Waals surface area (Å²) in [6, 6.07) is 15.5. The smallest absolute Gasteiger partial charge is 0.252 e. The lowest BCUT2D eigenvalue weighted by Crippen LogP contribution is -1.94. The van der Waals surface area contributed by atoms with Crippen molar-refractivity contribution in [1.29, 1.82) is 0 Å². The van der Waals surface area contributed by atoms with Gasteiger partial charge < -0.3 is 9.15 Å². The molecular weight excluding hydrogens is 344 g/mol. The first-order chi connectivity index (χ1) is 13.2. The standard InChI is InChI=1S/C19H14N6O2/c1-11-3-8-16-13(9-11)10-15(17-20-23-24-25(16)17)19-22-21-18(27-19)12-4-6-14(26-2)7-5-12/h3-10H,1-2H3. The van der Waals surface area contributed by atoms with Crippen LogP contribution >= 0.6 is 0 Å². The molecule has 27 heavy (non-hydrogen) atoms. The topological polar surface area (TPSA) is 91.2 Å². The molecule has 0 fully saturated rings. The van der Waals surface area contributed by atoms with E-state index in [0.29, 0.717) is 23.0 Å². The van der Waals surface area contributed by atoms with Gasteiger partial charge >= 0.3 is 0 Å². The molecule has 0 saturated heterocycles. The van der Waals surface area contributed by atoms with Crippen molar-refractivity contribution in [2.75, 3.05) is 7.11 Å². The summed E-state index contributed by atoms with van der Waals surface area (Å²) in [6.45, 7) is 2.04. The number of rotatable bonds is 3. The second-order valence-electron chi connectivity index (χ2n) is 6.18. The largest absolute Gasteiger partial charge is 0.497 e. The lowest BCUT2D eigenvalue weighted by Gasteiger charge is -2.04. The number of aryl methyl sites for hydroxylation is 1. The van der Waals surface area contributed by atoms with Crippen LogP contribution in [0.3, 0.4) is 0 Å². The fourth-order valence-electron chi connectivity index (χ4n) is 3.06. The summed E-state index contributed by atoms with van der Waals surface area (Å²) in [5, 5.41) is 21.4. The van der Waals surface area contributed by atoms with Gasteiger partial charge in [-0.15, -0.1) is 15.3 Å². The van der Waals surface area contributed by atoms with Gasteiger partial charge in [0.05, 0.1) is 18.2 Å². The molecule has 3 aromatic heterocycles. The Labute approximate surface area is 153 Å². The van der Waals surface area contributed by atoms with Crippen molar-refractivity contribution >= 4 is 16.6 Å². The summed E-state index contributed by atoms with van der Waals surface area (Å²) < 4.78 is 12.8. The quantitative estimate of drug-likeness (QED) is 0.488. The first-order valence-corrected chi connectivity index (χ1v) is 8.33. The third kappa shape index (κ3) is 2.50. The zero-order valence-corrected chi connectivity index (χ0v) is 14.6. The summed E-state index contributed by atoms with van der Waals surface area (Å²) in [4.78, 5) is 0. The Kier molecular flexibility index (Phi) is 3.36. The summed E-state index contributed by atoms with van der Waals surface area (Å²) >= 11 is 0. The van der Waals surface area contributed by atoms with Crippen molar-refractivity contribution < 1.29 is 9.15 Å². The van der Waals surface area contributed by atoms with Crippen LogP contribution in [0.4, 0.5) is 0 Å². The number of fused-ring (bicyclic) bond motifs is 3. The average molecular weight is 358 g/mol. The molecule has 8 nitrogen and oxygen atoms in total. The predicted octanol–water partition coefficient (Wildman–Crippen LogP) is 3.31. The predicted molar refractivity (Wildman–Crippen MR) is 98.3 cm³/mol. The van der Waals surface area contributed by atoms with Gasteiger partial charge in [0.2, 0.25) is 5.89 Å². The van der Waals surface area contributed by atoms with E-state index in [1.165, 1.54) is 0 Å². The Hall–Kier alpha value is -3.81. The van der Waals surface area contributed by atoms with Crippen LogP contribution in [0.1, 0.15) is 5.56 Å². The number of aromatic nitrogens is 6. The zero-order valence-electron chi connectivity index (χ0n) is 14.6. The van der Waals surface area contributed by atoms with E-state index in [9.17, 15) is 0 Å².